The molecule has 0 aliphatic heterocycles. The molecule has 0 radical (unpaired) electrons. The van der Waals surface area contributed by atoms with Gasteiger partial charge in [-0.15, -0.1) is 0 Å². The predicted octanol–water partition coefficient (Wildman–Crippen LogP) is 11.0. The summed E-state index contributed by atoms with van der Waals surface area (Å²) in [5, 5.41) is 2.35. The summed E-state index contributed by atoms with van der Waals surface area (Å²) in [6.45, 7) is 2.37. The molecule has 1 aliphatic carbocycles. The van der Waals surface area contributed by atoms with E-state index in [0.717, 1.165) is 33.5 Å². The van der Waals surface area contributed by atoms with Gasteiger partial charge in [0.05, 0.1) is 11.4 Å². The van der Waals surface area contributed by atoms with Crippen LogP contribution in [0, 0.1) is 0 Å². The summed E-state index contributed by atoms with van der Waals surface area (Å²) in [7, 11) is 0. The van der Waals surface area contributed by atoms with Crippen molar-refractivity contribution in [3.8, 4) is 56.2 Å². The smallest absolute Gasteiger partial charge is 0.160 e. The van der Waals surface area contributed by atoms with Gasteiger partial charge in [-0.25, -0.2) is 9.97 Å². The Kier molecular flexibility index (Phi) is 6.58. The van der Waals surface area contributed by atoms with Crippen molar-refractivity contribution in [3.05, 3.63) is 187 Å². The third-order valence-electron chi connectivity index (χ3n) is 9.91. The lowest BCUT2D eigenvalue weighted by Crippen LogP contribution is -2.22. The zero-order chi connectivity index (χ0) is 32.1. The highest BCUT2D eigenvalue weighted by Crippen LogP contribution is 2.53. The minimum absolute atomic E-state index is 0.253. The van der Waals surface area contributed by atoms with Gasteiger partial charge in [0.2, 0.25) is 0 Å². The molecule has 226 valence electrons. The van der Waals surface area contributed by atoms with E-state index in [9.17, 15) is 0 Å². The molecule has 6 aromatic carbocycles. The fourth-order valence-corrected chi connectivity index (χ4v) is 7.49. The van der Waals surface area contributed by atoms with Gasteiger partial charge in [0.25, 0.3) is 0 Å². The second kappa shape index (κ2) is 11.3. The van der Waals surface area contributed by atoms with Crippen LogP contribution in [0.1, 0.15) is 23.6 Å². The number of nitrogens with zero attached hydrogens (tertiary/aromatic N) is 3. The highest BCUT2D eigenvalue weighted by molar-refractivity contribution is 6.05. The van der Waals surface area contributed by atoms with E-state index in [1.807, 2.05) is 30.3 Å². The normalized spacial score (nSPS) is 14.9. The Morgan fingerprint density at radius 3 is 1.81 bits per heavy atom. The largest absolute Gasteiger partial charge is 0.265 e. The predicted molar refractivity (Wildman–Crippen MR) is 197 cm³/mol. The number of rotatable bonds is 5. The molecule has 9 rings (SSSR count). The Morgan fingerprint density at radius 2 is 1.02 bits per heavy atom. The van der Waals surface area contributed by atoms with E-state index in [1.54, 1.807) is 12.4 Å². The van der Waals surface area contributed by atoms with Crippen molar-refractivity contribution in [2.45, 2.75) is 12.3 Å². The molecular formula is C45H31N3. The summed E-state index contributed by atoms with van der Waals surface area (Å²) in [5.74, 6) is 0.700. The summed E-state index contributed by atoms with van der Waals surface area (Å²) in [6.07, 6.45) is 3.61. The zero-order valence-electron chi connectivity index (χ0n) is 26.5. The minimum Gasteiger partial charge on any atom is -0.265 e. The van der Waals surface area contributed by atoms with Gasteiger partial charge in [-0.2, -0.15) is 0 Å². The molecule has 0 saturated carbocycles. The molecule has 48 heavy (non-hydrogen) atoms. The molecule has 0 spiro atoms. The van der Waals surface area contributed by atoms with Crippen molar-refractivity contribution in [2.75, 3.05) is 0 Å². The van der Waals surface area contributed by atoms with Crippen molar-refractivity contribution in [1.82, 2.24) is 15.0 Å². The van der Waals surface area contributed by atoms with E-state index in [-0.39, 0.29) is 5.41 Å². The van der Waals surface area contributed by atoms with E-state index < -0.39 is 0 Å². The Balaban J connectivity index is 1.22. The monoisotopic (exact) mass is 613 g/mol. The van der Waals surface area contributed by atoms with Crippen molar-refractivity contribution in [2.24, 2.45) is 0 Å². The maximum Gasteiger partial charge on any atom is 0.160 e. The molecule has 8 aromatic rings. The average Bonchev–Trinajstić information content (AvgIpc) is 3.43. The first-order valence-electron chi connectivity index (χ1n) is 16.4. The molecule has 0 amide bonds. The lowest BCUT2D eigenvalue weighted by Gasteiger charge is -2.28. The van der Waals surface area contributed by atoms with Gasteiger partial charge < -0.3 is 0 Å². The summed E-state index contributed by atoms with van der Waals surface area (Å²) in [6, 6.07) is 56.3. The number of benzene rings is 6. The number of hydrogen-bond acceptors (Lipinski definition) is 3. The quantitative estimate of drug-likeness (QED) is 0.194. The molecule has 1 aliphatic rings. The Morgan fingerprint density at radius 1 is 0.417 bits per heavy atom. The molecule has 1 unspecified atom stereocenters. The molecule has 3 nitrogen and oxygen atoms in total. The van der Waals surface area contributed by atoms with E-state index >= 15 is 0 Å². The number of pyridine rings is 1. The van der Waals surface area contributed by atoms with Gasteiger partial charge in [-0.1, -0.05) is 133 Å². The Labute approximate surface area is 280 Å². The first-order valence-corrected chi connectivity index (χ1v) is 16.4. The highest BCUT2D eigenvalue weighted by atomic mass is 14.9. The summed E-state index contributed by atoms with van der Waals surface area (Å²) in [5.41, 5.74) is 13.6. The molecule has 2 aromatic heterocycles. The topological polar surface area (TPSA) is 38.7 Å². The van der Waals surface area contributed by atoms with Crippen LogP contribution in [0.5, 0.6) is 0 Å². The van der Waals surface area contributed by atoms with Crippen LogP contribution in [0.4, 0.5) is 0 Å². The third kappa shape index (κ3) is 4.47. The molecule has 0 fully saturated rings. The molecule has 0 N–H and O–H groups in total. The van der Waals surface area contributed by atoms with E-state index in [4.69, 9.17) is 9.97 Å². The standard InChI is InChI=1S/C45H31N3/c1-45(33-14-6-3-7-15-33)40-19-11-10-18-37(40)38-21-20-32(28-41(38)45)34-22-23-39(36-17-9-8-16-35(34)36)43-29-42(30-24-26-46-27-25-30)47-44(48-43)31-12-4-2-5-13-31/h2-29H,1H3. The van der Waals surface area contributed by atoms with Crippen molar-refractivity contribution >= 4 is 10.8 Å². The first-order chi connectivity index (χ1) is 23.7. The van der Waals surface area contributed by atoms with Gasteiger partial charge >= 0.3 is 0 Å². The Bertz CT molecular complexity index is 2400. The molecule has 0 bridgehead atoms. The van der Waals surface area contributed by atoms with Crippen LogP contribution in [-0.2, 0) is 5.41 Å². The van der Waals surface area contributed by atoms with Crippen molar-refractivity contribution in [3.63, 3.8) is 0 Å². The highest BCUT2D eigenvalue weighted by Gasteiger charge is 2.40. The molecule has 0 saturated heterocycles. The van der Waals surface area contributed by atoms with Crippen LogP contribution in [0.2, 0.25) is 0 Å². The van der Waals surface area contributed by atoms with Gasteiger partial charge in [-0.3, -0.25) is 4.98 Å². The van der Waals surface area contributed by atoms with E-state index in [0.29, 0.717) is 5.82 Å². The summed E-state index contributed by atoms with van der Waals surface area (Å²) >= 11 is 0. The molecule has 2 heterocycles. The molecular weight excluding hydrogens is 583 g/mol. The van der Waals surface area contributed by atoms with Crippen LogP contribution in [0.3, 0.4) is 0 Å². The SMILES string of the molecule is CC1(c2ccccc2)c2ccccc2-c2ccc(-c3ccc(-c4cc(-c5ccncc5)nc(-c5ccccc5)n4)c4ccccc34)cc21. The van der Waals surface area contributed by atoms with Gasteiger partial charge in [0.15, 0.2) is 5.82 Å². The minimum atomic E-state index is -0.253. The number of aromatic nitrogens is 3. The van der Waals surface area contributed by atoms with Crippen LogP contribution in [0.15, 0.2) is 170 Å². The fourth-order valence-electron chi connectivity index (χ4n) is 7.49. The third-order valence-corrected chi connectivity index (χ3v) is 9.91. The van der Waals surface area contributed by atoms with Crippen molar-refractivity contribution < 1.29 is 0 Å². The van der Waals surface area contributed by atoms with Crippen LogP contribution >= 0.6 is 0 Å². The molecule has 3 heteroatoms. The van der Waals surface area contributed by atoms with Gasteiger partial charge in [-0.05, 0) is 80.9 Å². The van der Waals surface area contributed by atoms with Crippen LogP contribution < -0.4 is 0 Å². The lowest BCUT2D eigenvalue weighted by molar-refractivity contribution is 0.714. The van der Waals surface area contributed by atoms with E-state index in [2.05, 4.69) is 139 Å². The lowest BCUT2D eigenvalue weighted by atomic mass is 9.74. The van der Waals surface area contributed by atoms with Crippen LogP contribution in [0.25, 0.3) is 66.9 Å². The Hall–Kier alpha value is -6.19. The van der Waals surface area contributed by atoms with E-state index in [1.165, 1.54) is 44.3 Å². The maximum atomic E-state index is 5.15. The average molecular weight is 614 g/mol. The maximum absolute atomic E-state index is 5.15. The van der Waals surface area contributed by atoms with Gasteiger partial charge in [0, 0.05) is 34.5 Å². The number of hydrogen-bond donors (Lipinski definition) is 0. The zero-order valence-corrected chi connectivity index (χ0v) is 26.5. The molecule has 1 atom stereocenters. The summed E-state index contributed by atoms with van der Waals surface area (Å²) < 4.78 is 0. The van der Waals surface area contributed by atoms with Crippen molar-refractivity contribution in [1.29, 1.82) is 0 Å². The summed E-state index contributed by atoms with van der Waals surface area (Å²) in [4.78, 5) is 14.4. The van der Waals surface area contributed by atoms with Gasteiger partial charge in [0.1, 0.15) is 0 Å². The second-order valence-electron chi connectivity index (χ2n) is 12.6. The first kappa shape index (κ1) is 28.1. The van der Waals surface area contributed by atoms with Crippen LogP contribution in [-0.4, -0.2) is 15.0 Å². The second-order valence-corrected chi connectivity index (χ2v) is 12.6. The number of fused-ring (bicyclic) bond motifs is 4. The fraction of sp³-hybridized carbons (Fsp3) is 0.0444.